The van der Waals surface area contributed by atoms with Crippen LogP contribution in [0.3, 0.4) is 0 Å². The monoisotopic (exact) mass is 251 g/mol. The number of rotatable bonds is 3. The zero-order valence-corrected chi connectivity index (χ0v) is 11.1. The van der Waals surface area contributed by atoms with Crippen molar-refractivity contribution in [2.24, 2.45) is 0 Å². The minimum Gasteiger partial charge on any atom is -0.339 e. The minimum atomic E-state index is 0.429. The standard InChI is InChI=1S/C12H21N5O/c1-16-3-4-17(2)10(8-16)5-11-14-12(18-15-11)9-6-13-7-9/h9-10,13H,3-8H2,1-2H3. The van der Waals surface area contributed by atoms with E-state index >= 15 is 0 Å². The van der Waals surface area contributed by atoms with E-state index in [1.54, 1.807) is 0 Å². The van der Waals surface area contributed by atoms with E-state index < -0.39 is 0 Å². The van der Waals surface area contributed by atoms with Crippen molar-refractivity contribution in [2.45, 2.75) is 18.4 Å². The van der Waals surface area contributed by atoms with Gasteiger partial charge in [0.1, 0.15) is 0 Å². The lowest BCUT2D eigenvalue weighted by Gasteiger charge is -2.37. The predicted molar refractivity (Wildman–Crippen MR) is 67.5 cm³/mol. The summed E-state index contributed by atoms with van der Waals surface area (Å²) in [4.78, 5) is 9.28. The third-order valence-corrected chi connectivity index (χ3v) is 4.01. The Labute approximate surface area is 107 Å². The highest BCUT2D eigenvalue weighted by molar-refractivity contribution is 5.02. The van der Waals surface area contributed by atoms with Crippen molar-refractivity contribution < 1.29 is 4.52 Å². The molecular formula is C12H21N5O. The summed E-state index contributed by atoms with van der Waals surface area (Å²) in [6.45, 7) is 5.25. The van der Waals surface area contributed by atoms with Gasteiger partial charge in [0.05, 0.1) is 5.92 Å². The summed E-state index contributed by atoms with van der Waals surface area (Å²) >= 11 is 0. The Morgan fingerprint density at radius 3 is 2.89 bits per heavy atom. The van der Waals surface area contributed by atoms with Crippen LogP contribution in [0.15, 0.2) is 4.52 Å². The van der Waals surface area contributed by atoms with E-state index in [-0.39, 0.29) is 0 Å². The number of nitrogens with one attached hydrogen (secondary N) is 1. The first-order valence-corrected chi connectivity index (χ1v) is 6.64. The lowest BCUT2D eigenvalue weighted by Crippen LogP contribution is -2.50. The molecule has 2 aliphatic heterocycles. The lowest BCUT2D eigenvalue weighted by molar-refractivity contribution is 0.113. The van der Waals surface area contributed by atoms with Gasteiger partial charge in [-0.1, -0.05) is 5.16 Å². The van der Waals surface area contributed by atoms with Crippen LogP contribution >= 0.6 is 0 Å². The van der Waals surface area contributed by atoms with Crippen molar-refractivity contribution >= 4 is 0 Å². The maximum Gasteiger partial charge on any atom is 0.232 e. The molecule has 1 unspecified atom stereocenters. The third kappa shape index (κ3) is 2.41. The fourth-order valence-corrected chi connectivity index (χ4v) is 2.51. The average molecular weight is 251 g/mol. The van der Waals surface area contributed by atoms with Crippen LogP contribution in [0.5, 0.6) is 0 Å². The molecule has 0 aliphatic carbocycles. The van der Waals surface area contributed by atoms with Crippen LogP contribution in [-0.4, -0.2) is 72.8 Å². The molecule has 0 radical (unpaired) electrons. The summed E-state index contributed by atoms with van der Waals surface area (Å²) < 4.78 is 5.34. The molecular weight excluding hydrogens is 230 g/mol. The van der Waals surface area contributed by atoms with Crippen LogP contribution in [0.2, 0.25) is 0 Å². The molecule has 3 heterocycles. The predicted octanol–water partition coefficient (Wildman–Crippen LogP) is -0.455. The summed E-state index contributed by atoms with van der Waals surface area (Å²) in [5, 5.41) is 7.33. The van der Waals surface area contributed by atoms with E-state index in [1.807, 2.05) is 0 Å². The average Bonchev–Trinajstić information content (AvgIpc) is 2.69. The zero-order chi connectivity index (χ0) is 12.5. The van der Waals surface area contributed by atoms with Gasteiger partial charge < -0.3 is 19.6 Å². The van der Waals surface area contributed by atoms with Crippen LogP contribution in [0.25, 0.3) is 0 Å². The maximum absolute atomic E-state index is 5.34. The highest BCUT2D eigenvalue weighted by Gasteiger charge is 2.27. The topological polar surface area (TPSA) is 57.4 Å². The summed E-state index contributed by atoms with van der Waals surface area (Å²) in [7, 11) is 4.34. The highest BCUT2D eigenvalue weighted by Crippen LogP contribution is 2.18. The van der Waals surface area contributed by atoms with Crippen molar-refractivity contribution in [3.05, 3.63) is 11.7 Å². The number of likely N-dealkylation sites (N-methyl/N-ethyl adjacent to an activating group) is 2. The second-order valence-electron chi connectivity index (χ2n) is 5.50. The SMILES string of the molecule is CN1CCN(C)C(Cc2noc(C3CNC3)n2)C1. The van der Waals surface area contributed by atoms with E-state index in [1.165, 1.54) is 0 Å². The molecule has 0 spiro atoms. The maximum atomic E-state index is 5.34. The third-order valence-electron chi connectivity index (χ3n) is 4.01. The molecule has 3 rings (SSSR count). The summed E-state index contributed by atoms with van der Waals surface area (Å²) in [5.41, 5.74) is 0. The Kier molecular flexibility index (Phi) is 3.32. The van der Waals surface area contributed by atoms with Crippen LogP contribution < -0.4 is 5.32 Å². The normalized spacial score (nSPS) is 27.3. The van der Waals surface area contributed by atoms with E-state index in [2.05, 4.69) is 39.4 Å². The van der Waals surface area contributed by atoms with E-state index in [4.69, 9.17) is 4.52 Å². The van der Waals surface area contributed by atoms with E-state index in [0.29, 0.717) is 12.0 Å². The lowest BCUT2D eigenvalue weighted by atomic mass is 10.0. The van der Waals surface area contributed by atoms with Gasteiger partial charge in [-0.15, -0.1) is 0 Å². The van der Waals surface area contributed by atoms with Crippen LogP contribution in [0, 0.1) is 0 Å². The van der Waals surface area contributed by atoms with Crippen molar-refractivity contribution in [3.8, 4) is 0 Å². The summed E-state index contributed by atoms with van der Waals surface area (Å²) in [6, 6.07) is 0.494. The Bertz CT molecular complexity index is 403. The Morgan fingerprint density at radius 2 is 2.17 bits per heavy atom. The number of hydrogen-bond acceptors (Lipinski definition) is 6. The molecule has 6 nitrogen and oxygen atoms in total. The quantitative estimate of drug-likeness (QED) is 0.785. The second kappa shape index (κ2) is 4.95. The molecule has 18 heavy (non-hydrogen) atoms. The molecule has 1 aromatic rings. The first-order chi connectivity index (χ1) is 8.72. The van der Waals surface area contributed by atoms with Gasteiger partial charge in [0.15, 0.2) is 5.82 Å². The molecule has 2 aliphatic rings. The number of hydrogen-bond donors (Lipinski definition) is 1. The first kappa shape index (κ1) is 12.1. The van der Waals surface area contributed by atoms with E-state index in [0.717, 1.165) is 50.9 Å². The molecule has 1 N–H and O–H groups in total. The molecule has 2 saturated heterocycles. The number of aromatic nitrogens is 2. The molecule has 1 atom stereocenters. The van der Waals surface area contributed by atoms with Crippen LogP contribution in [-0.2, 0) is 6.42 Å². The number of nitrogens with zero attached hydrogens (tertiary/aromatic N) is 4. The fraction of sp³-hybridized carbons (Fsp3) is 0.833. The molecule has 6 heteroatoms. The van der Waals surface area contributed by atoms with Crippen molar-refractivity contribution in [1.29, 1.82) is 0 Å². The largest absolute Gasteiger partial charge is 0.339 e. The second-order valence-corrected chi connectivity index (χ2v) is 5.50. The molecule has 0 saturated carbocycles. The van der Waals surface area contributed by atoms with Gasteiger partial charge in [0.2, 0.25) is 5.89 Å². The molecule has 0 amide bonds. The smallest absolute Gasteiger partial charge is 0.232 e. The Hall–Kier alpha value is -0.980. The molecule has 100 valence electrons. The number of piperazine rings is 1. The van der Waals surface area contributed by atoms with Crippen molar-refractivity contribution in [3.63, 3.8) is 0 Å². The fourth-order valence-electron chi connectivity index (χ4n) is 2.51. The molecule has 2 fully saturated rings. The van der Waals surface area contributed by atoms with Gasteiger partial charge in [0.25, 0.3) is 0 Å². The zero-order valence-electron chi connectivity index (χ0n) is 11.1. The van der Waals surface area contributed by atoms with Gasteiger partial charge in [0, 0.05) is 45.2 Å². The van der Waals surface area contributed by atoms with Gasteiger partial charge >= 0.3 is 0 Å². The van der Waals surface area contributed by atoms with Crippen LogP contribution in [0.4, 0.5) is 0 Å². The van der Waals surface area contributed by atoms with Gasteiger partial charge in [-0.05, 0) is 14.1 Å². The van der Waals surface area contributed by atoms with Gasteiger partial charge in [-0.2, -0.15) is 4.98 Å². The molecule has 0 bridgehead atoms. The van der Waals surface area contributed by atoms with Crippen LogP contribution in [0.1, 0.15) is 17.6 Å². The van der Waals surface area contributed by atoms with Crippen molar-refractivity contribution in [1.82, 2.24) is 25.3 Å². The first-order valence-electron chi connectivity index (χ1n) is 6.64. The molecule has 0 aromatic carbocycles. The summed E-state index contributed by atoms with van der Waals surface area (Å²) in [5.74, 6) is 2.08. The Morgan fingerprint density at radius 1 is 1.33 bits per heavy atom. The van der Waals surface area contributed by atoms with Crippen molar-refractivity contribution in [2.75, 3.05) is 46.8 Å². The minimum absolute atomic E-state index is 0.429. The van der Waals surface area contributed by atoms with Gasteiger partial charge in [-0.25, -0.2) is 0 Å². The Balaban J connectivity index is 1.62. The molecule has 1 aromatic heterocycles. The van der Waals surface area contributed by atoms with Gasteiger partial charge in [-0.3, -0.25) is 0 Å². The van der Waals surface area contributed by atoms with E-state index in [9.17, 15) is 0 Å². The summed E-state index contributed by atoms with van der Waals surface area (Å²) in [6.07, 6.45) is 0.879. The highest BCUT2D eigenvalue weighted by atomic mass is 16.5.